The lowest BCUT2D eigenvalue weighted by Gasteiger charge is -2.25. The van der Waals surface area contributed by atoms with Crippen LogP contribution in [0, 0.1) is 17.0 Å². The minimum Gasteiger partial charge on any atom is -0.482 e. The normalized spacial score (nSPS) is 11.7. The van der Waals surface area contributed by atoms with E-state index in [0.717, 1.165) is 5.56 Å². The molecule has 0 saturated heterocycles. The first-order valence-corrected chi connectivity index (χ1v) is 8.06. The molecule has 1 amide bonds. The van der Waals surface area contributed by atoms with Gasteiger partial charge in [0.05, 0.1) is 16.0 Å². The van der Waals surface area contributed by atoms with Gasteiger partial charge in [-0.05, 0) is 37.1 Å². The van der Waals surface area contributed by atoms with Crippen molar-refractivity contribution < 1.29 is 14.5 Å². The van der Waals surface area contributed by atoms with Crippen molar-refractivity contribution in [2.45, 2.75) is 19.9 Å². The zero-order chi connectivity index (χ0) is 18.6. The molecule has 0 saturated carbocycles. The molecule has 0 N–H and O–H groups in total. The number of nitro benzene ring substituents is 1. The number of hydrogen-bond acceptors (Lipinski definition) is 4. The summed E-state index contributed by atoms with van der Waals surface area (Å²) in [6.07, 6.45) is 0. The highest BCUT2D eigenvalue weighted by molar-refractivity contribution is 6.32. The minimum atomic E-state index is -0.457. The number of rotatable bonds is 6. The highest BCUT2D eigenvalue weighted by atomic mass is 35.5. The summed E-state index contributed by atoms with van der Waals surface area (Å²) in [5.74, 6) is 0.197. The number of amides is 1. The molecule has 25 heavy (non-hydrogen) atoms. The van der Waals surface area contributed by atoms with E-state index in [2.05, 4.69) is 0 Å². The second kappa shape index (κ2) is 7.98. The monoisotopic (exact) mass is 362 g/mol. The fraction of sp³-hybridized carbons (Fsp3) is 0.278. The Labute approximate surface area is 151 Å². The number of halogens is 1. The zero-order valence-electron chi connectivity index (χ0n) is 14.2. The van der Waals surface area contributed by atoms with Gasteiger partial charge in [0.15, 0.2) is 6.61 Å². The van der Waals surface area contributed by atoms with Gasteiger partial charge in [0, 0.05) is 19.2 Å². The molecule has 0 aliphatic rings. The number of likely N-dealkylation sites (N-methyl/N-ethyl adjacent to an activating group) is 1. The molecule has 0 unspecified atom stereocenters. The van der Waals surface area contributed by atoms with Gasteiger partial charge in [-0.1, -0.05) is 29.8 Å². The summed E-state index contributed by atoms with van der Waals surface area (Å²) in [4.78, 5) is 24.3. The predicted molar refractivity (Wildman–Crippen MR) is 96.0 cm³/mol. The van der Waals surface area contributed by atoms with E-state index >= 15 is 0 Å². The van der Waals surface area contributed by atoms with Crippen molar-refractivity contribution >= 4 is 23.2 Å². The molecule has 0 radical (unpaired) electrons. The lowest BCUT2D eigenvalue weighted by molar-refractivity contribution is -0.384. The van der Waals surface area contributed by atoms with Crippen molar-refractivity contribution in [3.63, 3.8) is 0 Å². The van der Waals surface area contributed by atoms with Crippen LogP contribution in [0.1, 0.15) is 24.1 Å². The van der Waals surface area contributed by atoms with E-state index in [4.69, 9.17) is 16.3 Å². The van der Waals surface area contributed by atoms with Crippen LogP contribution in [0.25, 0.3) is 0 Å². The number of non-ortho nitro benzene ring substituents is 1. The molecule has 0 aromatic heterocycles. The molecule has 0 spiro atoms. The van der Waals surface area contributed by atoms with E-state index in [-0.39, 0.29) is 24.2 Å². The van der Waals surface area contributed by atoms with Gasteiger partial charge >= 0.3 is 0 Å². The molecule has 2 aromatic carbocycles. The van der Waals surface area contributed by atoms with Crippen molar-refractivity contribution in [2.24, 2.45) is 0 Å². The number of nitrogens with zero attached hydrogens (tertiary/aromatic N) is 2. The molecule has 2 aromatic rings. The summed E-state index contributed by atoms with van der Waals surface area (Å²) in [7, 11) is 1.63. The largest absolute Gasteiger partial charge is 0.482 e. The fourth-order valence-corrected chi connectivity index (χ4v) is 2.47. The predicted octanol–water partition coefficient (Wildman–Crippen LogP) is 4.16. The highest BCUT2D eigenvalue weighted by Gasteiger charge is 2.20. The van der Waals surface area contributed by atoms with Gasteiger partial charge in [0.25, 0.3) is 11.6 Å². The summed E-state index contributed by atoms with van der Waals surface area (Å²) < 4.78 is 5.52. The Morgan fingerprint density at radius 3 is 2.72 bits per heavy atom. The maximum Gasteiger partial charge on any atom is 0.269 e. The van der Waals surface area contributed by atoms with Crippen LogP contribution in [0.5, 0.6) is 5.75 Å². The molecular weight excluding hydrogens is 344 g/mol. The first-order valence-electron chi connectivity index (χ1n) is 7.68. The van der Waals surface area contributed by atoms with Crippen LogP contribution in [-0.4, -0.2) is 29.4 Å². The molecule has 0 bridgehead atoms. The smallest absolute Gasteiger partial charge is 0.269 e. The molecule has 6 nitrogen and oxygen atoms in total. The van der Waals surface area contributed by atoms with Gasteiger partial charge in [0.1, 0.15) is 5.75 Å². The number of aryl methyl sites for hydroxylation is 1. The summed E-state index contributed by atoms with van der Waals surface area (Å²) in [5, 5.41) is 11.3. The van der Waals surface area contributed by atoms with Crippen LogP contribution in [0.3, 0.4) is 0 Å². The average molecular weight is 363 g/mol. The standard InChI is InChI=1S/C18H19ClN2O4/c1-12-7-8-16(19)17(9-12)25-11-18(22)20(3)13(2)14-5-4-6-15(10-14)21(23)24/h4-10,13H,11H2,1-3H3/t13-/m1/s1. The molecule has 0 aliphatic heterocycles. The molecule has 132 valence electrons. The Kier molecular flexibility index (Phi) is 5.98. The number of nitro groups is 1. The van der Waals surface area contributed by atoms with Crippen LogP contribution < -0.4 is 4.74 Å². The summed E-state index contributed by atoms with van der Waals surface area (Å²) in [6.45, 7) is 3.54. The Hall–Kier alpha value is -2.60. The molecule has 0 aliphatic carbocycles. The fourth-order valence-electron chi connectivity index (χ4n) is 2.30. The van der Waals surface area contributed by atoms with E-state index < -0.39 is 4.92 Å². The highest BCUT2D eigenvalue weighted by Crippen LogP contribution is 2.26. The number of hydrogen-bond donors (Lipinski definition) is 0. The van der Waals surface area contributed by atoms with E-state index in [1.165, 1.54) is 17.0 Å². The zero-order valence-corrected chi connectivity index (χ0v) is 15.0. The molecule has 2 rings (SSSR count). The summed E-state index contributed by atoms with van der Waals surface area (Å²) >= 11 is 6.05. The quantitative estimate of drug-likeness (QED) is 0.571. The summed E-state index contributed by atoms with van der Waals surface area (Å²) in [6, 6.07) is 11.2. The maximum absolute atomic E-state index is 12.4. The van der Waals surface area contributed by atoms with Gasteiger partial charge in [0.2, 0.25) is 0 Å². The number of carbonyl (C=O) groups excluding carboxylic acids is 1. The van der Waals surface area contributed by atoms with E-state index in [9.17, 15) is 14.9 Å². The Bertz CT molecular complexity index is 794. The van der Waals surface area contributed by atoms with Gasteiger partial charge in [-0.15, -0.1) is 0 Å². The Morgan fingerprint density at radius 1 is 1.32 bits per heavy atom. The van der Waals surface area contributed by atoms with Crippen LogP contribution >= 0.6 is 11.6 Å². The van der Waals surface area contributed by atoms with Gasteiger partial charge < -0.3 is 9.64 Å². The summed E-state index contributed by atoms with van der Waals surface area (Å²) in [5.41, 5.74) is 1.65. The van der Waals surface area contributed by atoms with Crippen LogP contribution in [0.2, 0.25) is 5.02 Å². The second-order valence-electron chi connectivity index (χ2n) is 5.76. The van der Waals surface area contributed by atoms with Gasteiger partial charge in [-0.2, -0.15) is 0 Å². The van der Waals surface area contributed by atoms with Crippen molar-refractivity contribution in [1.82, 2.24) is 4.90 Å². The van der Waals surface area contributed by atoms with Crippen molar-refractivity contribution in [3.05, 3.63) is 68.7 Å². The molecule has 0 fully saturated rings. The third kappa shape index (κ3) is 4.70. The van der Waals surface area contributed by atoms with Crippen molar-refractivity contribution in [3.8, 4) is 5.75 Å². The van der Waals surface area contributed by atoms with Crippen molar-refractivity contribution in [1.29, 1.82) is 0 Å². The molecule has 0 heterocycles. The molecular formula is C18H19ClN2O4. The average Bonchev–Trinajstić information content (AvgIpc) is 2.61. The third-order valence-electron chi connectivity index (χ3n) is 3.98. The van der Waals surface area contributed by atoms with Crippen LogP contribution in [0.4, 0.5) is 5.69 Å². The van der Waals surface area contributed by atoms with Gasteiger partial charge in [-0.3, -0.25) is 14.9 Å². The second-order valence-corrected chi connectivity index (χ2v) is 6.16. The Balaban J connectivity index is 2.05. The van der Waals surface area contributed by atoms with Crippen LogP contribution in [-0.2, 0) is 4.79 Å². The Morgan fingerprint density at radius 2 is 2.04 bits per heavy atom. The third-order valence-corrected chi connectivity index (χ3v) is 4.29. The van der Waals surface area contributed by atoms with E-state index in [1.807, 2.05) is 13.0 Å². The first kappa shape index (κ1) is 18.7. The molecule has 1 atom stereocenters. The molecule has 7 heteroatoms. The van der Waals surface area contributed by atoms with E-state index in [1.54, 1.807) is 38.2 Å². The van der Waals surface area contributed by atoms with E-state index in [0.29, 0.717) is 16.3 Å². The number of ether oxygens (including phenoxy) is 1. The topological polar surface area (TPSA) is 72.7 Å². The lowest BCUT2D eigenvalue weighted by atomic mass is 10.1. The van der Waals surface area contributed by atoms with Gasteiger partial charge in [-0.25, -0.2) is 0 Å². The number of benzene rings is 2. The SMILES string of the molecule is Cc1ccc(Cl)c(OCC(=O)N(C)[C@H](C)c2cccc([N+](=O)[O-])c2)c1. The van der Waals surface area contributed by atoms with Crippen molar-refractivity contribution in [2.75, 3.05) is 13.7 Å². The number of carbonyl (C=O) groups is 1. The van der Waals surface area contributed by atoms with Crippen LogP contribution in [0.15, 0.2) is 42.5 Å². The first-order chi connectivity index (χ1) is 11.8. The minimum absolute atomic E-state index is 0.00649. The lowest BCUT2D eigenvalue weighted by Crippen LogP contribution is -2.33. The maximum atomic E-state index is 12.4.